The minimum atomic E-state index is 0.748. The number of likely N-dealkylation sites (N-methyl/N-ethyl adjacent to an activating group) is 1. The van der Waals surface area contributed by atoms with Crippen molar-refractivity contribution in [3.05, 3.63) is 23.4 Å². The maximum atomic E-state index is 2.56. The molecule has 0 radical (unpaired) electrons. The van der Waals surface area contributed by atoms with Crippen LogP contribution in [0.5, 0.6) is 0 Å². The maximum Gasteiger partial charge on any atom is 0.0331 e. The van der Waals surface area contributed by atoms with Crippen molar-refractivity contribution >= 4 is 0 Å². The number of allylic oxidation sites excluding steroid dienone is 4. The summed E-state index contributed by atoms with van der Waals surface area (Å²) in [5.74, 6) is 0. The molecule has 1 heterocycles. The molecule has 0 spiro atoms. The molecule has 1 aliphatic carbocycles. The van der Waals surface area contributed by atoms with E-state index >= 15 is 0 Å². The molecule has 1 fully saturated rings. The highest BCUT2D eigenvalue weighted by molar-refractivity contribution is 5.22. The Morgan fingerprint density at radius 3 is 2.60 bits per heavy atom. The summed E-state index contributed by atoms with van der Waals surface area (Å²) in [6, 6.07) is 0.748. The third kappa shape index (κ3) is 2.43. The van der Waals surface area contributed by atoms with E-state index in [0.717, 1.165) is 6.04 Å². The quantitative estimate of drug-likeness (QED) is 0.683. The summed E-state index contributed by atoms with van der Waals surface area (Å²) in [7, 11) is 4.38. The molecule has 0 unspecified atom stereocenters. The number of likely N-dealkylation sites (tertiary alicyclic amines) is 1. The molecule has 15 heavy (non-hydrogen) atoms. The minimum absolute atomic E-state index is 0.748. The molecule has 2 heteroatoms. The predicted octanol–water partition coefficient (Wildman–Crippen LogP) is 2.25. The van der Waals surface area contributed by atoms with E-state index in [4.69, 9.17) is 0 Å². The van der Waals surface area contributed by atoms with Crippen LogP contribution in [0.3, 0.4) is 0 Å². The third-order valence-electron chi connectivity index (χ3n) is 3.64. The number of nitrogens with zero attached hydrogens (tertiary/aromatic N) is 2. The lowest BCUT2D eigenvalue weighted by Crippen LogP contribution is -2.31. The van der Waals surface area contributed by atoms with Crippen molar-refractivity contribution in [1.29, 1.82) is 0 Å². The highest BCUT2D eigenvalue weighted by Crippen LogP contribution is 2.25. The van der Waals surface area contributed by atoms with Crippen molar-refractivity contribution in [2.24, 2.45) is 0 Å². The van der Waals surface area contributed by atoms with Crippen LogP contribution in [0.1, 0.15) is 26.2 Å². The summed E-state index contributed by atoms with van der Waals surface area (Å²) in [6.45, 7) is 4.67. The lowest BCUT2D eigenvalue weighted by molar-refractivity contribution is 0.288. The Bertz CT molecular complexity index is 289. The van der Waals surface area contributed by atoms with E-state index in [1.165, 1.54) is 37.9 Å². The fourth-order valence-electron chi connectivity index (χ4n) is 2.42. The molecule has 0 aromatic carbocycles. The first-order valence-corrected chi connectivity index (χ1v) is 5.94. The van der Waals surface area contributed by atoms with Crippen molar-refractivity contribution < 1.29 is 0 Å². The molecule has 1 atom stereocenters. The summed E-state index contributed by atoms with van der Waals surface area (Å²) in [6.07, 6.45) is 8.39. The molecular weight excluding hydrogens is 184 g/mol. The van der Waals surface area contributed by atoms with Crippen LogP contribution in [0, 0.1) is 0 Å². The Labute approximate surface area is 93.2 Å². The van der Waals surface area contributed by atoms with Gasteiger partial charge in [0.05, 0.1) is 0 Å². The molecule has 2 rings (SSSR count). The van der Waals surface area contributed by atoms with Crippen molar-refractivity contribution in [2.45, 2.75) is 32.2 Å². The SMILES string of the molecule is CC1=CC=C(N2CC[C@@H](N(C)C)C2)CC1. The van der Waals surface area contributed by atoms with E-state index in [9.17, 15) is 0 Å². The normalized spacial score (nSPS) is 26.9. The van der Waals surface area contributed by atoms with Gasteiger partial charge in [0.15, 0.2) is 0 Å². The fourth-order valence-corrected chi connectivity index (χ4v) is 2.42. The molecule has 0 amide bonds. The Kier molecular flexibility index (Phi) is 3.15. The van der Waals surface area contributed by atoms with Gasteiger partial charge in [0.2, 0.25) is 0 Å². The molecule has 1 saturated heterocycles. The molecular formula is C13H22N2. The molecule has 0 saturated carbocycles. The highest BCUT2D eigenvalue weighted by atomic mass is 15.2. The van der Waals surface area contributed by atoms with Gasteiger partial charge in [0.1, 0.15) is 0 Å². The molecule has 1 aliphatic heterocycles. The largest absolute Gasteiger partial charge is 0.373 e. The molecule has 2 aliphatic rings. The van der Waals surface area contributed by atoms with Crippen molar-refractivity contribution in [2.75, 3.05) is 27.2 Å². The summed E-state index contributed by atoms with van der Waals surface area (Å²) < 4.78 is 0. The van der Waals surface area contributed by atoms with Gasteiger partial charge >= 0.3 is 0 Å². The lowest BCUT2D eigenvalue weighted by atomic mass is 10.0. The maximum absolute atomic E-state index is 2.56. The van der Waals surface area contributed by atoms with Crippen molar-refractivity contribution in [1.82, 2.24) is 9.80 Å². The number of hydrogen-bond donors (Lipinski definition) is 0. The minimum Gasteiger partial charge on any atom is -0.373 e. The van der Waals surface area contributed by atoms with Gasteiger partial charge in [0.25, 0.3) is 0 Å². The topological polar surface area (TPSA) is 6.48 Å². The zero-order valence-corrected chi connectivity index (χ0v) is 10.2. The van der Waals surface area contributed by atoms with E-state index in [1.807, 2.05) is 0 Å². The van der Waals surface area contributed by atoms with Crippen LogP contribution >= 0.6 is 0 Å². The summed E-state index contributed by atoms with van der Waals surface area (Å²) >= 11 is 0. The van der Waals surface area contributed by atoms with Crippen LogP contribution in [0.25, 0.3) is 0 Å². The molecule has 0 aromatic rings. The number of rotatable bonds is 2. The van der Waals surface area contributed by atoms with Gasteiger partial charge in [-0.05, 0) is 46.4 Å². The van der Waals surface area contributed by atoms with Gasteiger partial charge in [-0.3, -0.25) is 0 Å². The smallest absolute Gasteiger partial charge is 0.0331 e. The molecule has 84 valence electrons. The molecule has 2 nitrogen and oxygen atoms in total. The van der Waals surface area contributed by atoms with Crippen LogP contribution in [-0.2, 0) is 0 Å². The van der Waals surface area contributed by atoms with Crippen LogP contribution in [0.4, 0.5) is 0 Å². The van der Waals surface area contributed by atoms with E-state index in [2.05, 4.69) is 43.0 Å². The Balaban J connectivity index is 1.97. The zero-order chi connectivity index (χ0) is 10.8. The average molecular weight is 206 g/mol. The van der Waals surface area contributed by atoms with Gasteiger partial charge < -0.3 is 9.80 Å². The second kappa shape index (κ2) is 4.40. The van der Waals surface area contributed by atoms with Crippen LogP contribution in [0.15, 0.2) is 23.4 Å². The van der Waals surface area contributed by atoms with E-state index < -0.39 is 0 Å². The summed E-state index contributed by atoms with van der Waals surface area (Å²) in [4.78, 5) is 4.91. The van der Waals surface area contributed by atoms with Gasteiger partial charge in [-0.1, -0.05) is 11.6 Å². The first-order valence-electron chi connectivity index (χ1n) is 5.94. The van der Waals surface area contributed by atoms with Crippen LogP contribution < -0.4 is 0 Å². The Hall–Kier alpha value is -0.760. The predicted molar refractivity (Wildman–Crippen MR) is 64.7 cm³/mol. The monoisotopic (exact) mass is 206 g/mol. The second-order valence-corrected chi connectivity index (χ2v) is 5.02. The average Bonchev–Trinajstić information content (AvgIpc) is 2.68. The van der Waals surface area contributed by atoms with Crippen molar-refractivity contribution in [3.8, 4) is 0 Å². The fraction of sp³-hybridized carbons (Fsp3) is 0.692. The van der Waals surface area contributed by atoms with E-state index in [-0.39, 0.29) is 0 Å². The molecule has 0 N–H and O–H groups in total. The zero-order valence-electron chi connectivity index (χ0n) is 10.2. The Morgan fingerprint density at radius 2 is 2.07 bits per heavy atom. The summed E-state index contributed by atoms with van der Waals surface area (Å²) in [5.41, 5.74) is 3.06. The highest BCUT2D eigenvalue weighted by Gasteiger charge is 2.25. The van der Waals surface area contributed by atoms with E-state index in [0.29, 0.717) is 0 Å². The Morgan fingerprint density at radius 1 is 1.27 bits per heavy atom. The van der Waals surface area contributed by atoms with Gasteiger partial charge in [0, 0.05) is 24.8 Å². The number of hydrogen-bond acceptors (Lipinski definition) is 2. The van der Waals surface area contributed by atoms with Gasteiger partial charge in [-0.2, -0.15) is 0 Å². The van der Waals surface area contributed by atoms with Gasteiger partial charge in [-0.15, -0.1) is 0 Å². The van der Waals surface area contributed by atoms with Crippen LogP contribution in [0.2, 0.25) is 0 Å². The standard InChI is InChI=1S/C13H22N2/c1-11-4-6-12(7-5-11)15-9-8-13(10-15)14(2)3/h4,6,13H,5,7-10H2,1-3H3/t13-/m1/s1. The van der Waals surface area contributed by atoms with Crippen molar-refractivity contribution in [3.63, 3.8) is 0 Å². The van der Waals surface area contributed by atoms with E-state index in [1.54, 1.807) is 5.70 Å². The van der Waals surface area contributed by atoms with Crippen LogP contribution in [-0.4, -0.2) is 43.0 Å². The second-order valence-electron chi connectivity index (χ2n) is 5.02. The van der Waals surface area contributed by atoms with Gasteiger partial charge in [-0.25, -0.2) is 0 Å². The molecule has 0 aromatic heterocycles. The lowest BCUT2D eigenvalue weighted by Gasteiger charge is -2.25. The summed E-state index contributed by atoms with van der Waals surface area (Å²) in [5, 5.41) is 0. The first-order chi connectivity index (χ1) is 7.16. The third-order valence-corrected chi connectivity index (χ3v) is 3.64. The first kappa shape index (κ1) is 10.7. The molecule has 0 bridgehead atoms.